The number of aromatic nitrogens is 1. The topological polar surface area (TPSA) is 43.3 Å². The van der Waals surface area contributed by atoms with Gasteiger partial charge in [-0.1, -0.05) is 0 Å². The minimum absolute atomic E-state index is 0.0338. The Bertz CT molecular complexity index is 639. The zero-order valence-corrected chi connectivity index (χ0v) is 12.0. The van der Waals surface area contributed by atoms with Crippen LogP contribution in [0.5, 0.6) is 0 Å². The fourth-order valence-corrected chi connectivity index (χ4v) is 2.91. The number of aryl methyl sites for hydroxylation is 2. The summed E-state index contributed by atoms with van der Waals surface area (Å²) in [6, 6.07) is 8.21. The molecule has 106 valence electrons. The third kappa shape index (κ3) is 2.31. The van der Waals surface area contributed by atoms with Crippen molar-refractivity contribution < 1.29 is 9.53 Å². The van der Waals surface area contributed by atoms with Gasteiger partial charge >= 0.3 is 0 Å². The molecule has 20 heavy (non-hydrogen) atoms. The summed E-state index contributed by atoms with van der Waals surface area (Å²) in [6.07, 6.45) is 1.50. The van der Waals surface area contributed by atoms with E-state index >= 15 is 0 Å². The van der Waals surface area contributed by atoms with Gasteiger partial charge in [-0.3, -0.25) is 4.79 Å². The summed E-state index contributed by atoms with van der Waals surface area (Å²) in [6.45, 7) is 5.89. The molecule has 4 heteroatoms. The maximum Gasteiger partial charge on any atom is 0.253 e. The summed E-state index contributed by atoms with van der Waals surface area (Å²) in [7, 11) is 0. The SMILES string of the molecule is CCn1c(C)cc2cc(NC(=O)C3CCCO3)ccc21. The average Bonchev–Trinajstić information content (AvgIpc) is 3.04. The lowest BCUT2D eigenvalue weighted by Crippen LogP contribution is -2.26. The summed E-state index contributed by atoms with van der Waals surface area (Å²) in [5, 5.41) is 4.11. The van der Waals surface area contributed by atoms with Gasteiger partial charge in [0.15, 0.2) is 0 Å². The fraction of sp³-hybridized carbons (Fsp3) is 0.438. The standard InChI is InChI=1S/C16H20N2O2/c1-3-18-11(2)9-12-10-13(6-7-14(12)18)17-16(19)15-5-4-8-20-15/h6-7,9-10,15H,3-5,8H2,1-2H3,(H,17,19). The van der Waals surface area contributed by atoms with Crippen LogP contribution in [0.4, 0.5) is 5.69 Å². The van der Waals surface area contributed by atoms with E-state index in [1.165, 1.54) is 11.2 Å². The highest BCUT2D eigenvalue weighted by atomic mass is 16.5. The highest BCUT2D eigenvalue weighted by Gasteiger charge is 2.23. The molecule has 1 fully saturated rings. The molecule has 1 saturated heterocycles. The van der Waals surface area contributed by atoms with E-state index in [-0.39, 0.29) is 12.0 Å². The van der Waals surface area contributed by atoms with Crippen LogP contribution in [-0.4, -0.2) is 23.2 Å². The van der Waals surface area contributed by atoms with Crippen LogP contribution in [0.25, 0.3) is 10.9 Å². The van der Waals surface area contributed by atoms with Crippen molar-refractivity contribution in [2.24, 2.45) is 0 Å². The molecule has 1 unspecified atom stereocenters. The van der Waals surface area contributed by atoms with Gasteiger partial charge in [-0.15, -0.1) is 0 Å². The van der Waals surface area contributed by atoms with Crippen molar-refractivity contribution in [3.8, 4) is 0 Å². The Kier molecular flexibility index (Phi) is 3.49. The van der Waals surface area contributed by atoms with Crippen LogP contribution in [0.1, 0.15) is 25.5 Å². The van der Waals surface area contributed by atoms with Crippen molar-refractivity contribution in [1.29, 1.82) is 0 Å². The Balaban J connectivity index is 1.84. The molecule has 1 aliphatic heterocycles. The average molecular weight is 272 g/mol. The van der Waals surface area contributed by atoms with Gasteiger partial charge in [-0.2, -0.15) is 0 Å². The smallest absolute Gasteiger partial charge is 0.253 e. The third-order valence-electron chi connectivity index (χ3n) is 3.91. The van der Waals surface area contributed by atoms with Crippen LogP contribution in [0.15, 0.2) is 24.3 Å². The Morgan fingerprint density at radius 3 is 3.00 bits per heavy atom. The first kappa shape index (κ1) is 13.2. The molecule has 1 aromatic heterocycles. The number of amides is 1. The van der Waals surface area contributed by atoms with Gasteiger partial charge in [0, 0.05) is 35.4 Å². The Morgan fingerprint density at radius 1 is 1.45 bits per heavy atom. The molecule has 2 aromatic rings. The number of carbonyl (C=O) groups excluding carboxylic acids is 1. The molecule has 0 spiro atoms. The lowest BCUT2D eigenvalue weighted by molar-refractivity contribution is -0.124. The molecule has 0 radical (unpaired) electrons. The summed E-state index contributed by atoms with van der Waals surface area (Å²) < 4.78 is 7.66. The first-order chi connectivity index (χ1) is 9.69. The number of nitrogens with zero attached hydrogens (tertiary/aromatic N) is 1. The van der Waals surface area contributed by atoms with Crippen LogP contribution >= 0.6 is 0 Å². The van der Waals surface area contributed by atoms with E-state index < -0.39 is 0 Å². The van der Waals surface area contributed by atoms with Crippen molar-refractivity contribution in [3.05, 3.63) is 30.0 Å². The molecule has 0 bridgehead atoms. The van der Waals surface area contributed by atoms with Gasteiger partial charge in [0.05, 0.1) is 0 Å². The van der Waals surface area contributed by atoms with E-state index in [2.05, 4.69) is 35.9 Å². The number of hydrogen-bond acceptors (Lipinski definition) is 2. The summed E-state index contributed by atoms with van der Waals surface area (Å²) in [5.41, 5.74) is 3.29. The normalized spacial score (nSPS) is 18.6. The molecule has 1 aliphatic rings. The van der Waals surface area contributed by atoms with Crippen molar-refractivity contribution in [2.45, 2.75) is 39.3 Å². The van der Waals surface area contributed by atoms with Gasteiger partial charge < -0.3 is 14.6 Å². The number of nitrogens with one attached hydrogen (secondary N) is 1. The minimum Gasteiger partial charge on any atom is -0.368 e. The van der Waals surface area contributed by atoms with E-state index in [1.807, 2.05) is 12.1 Å². The molecular weight excluding hydrogens is 252 g/mol. The van der Waals surface area contributed by atoms with Gasteiger partial charge in [0.25, 0.3) is 5.91 Å². The lowest BCUT2D eigenvalue weighted by Gasteiger charge is -2.11. The largest absolute Gasteiger partial charge is 0.368 e. The highest BCUT2D eigenvalue weighted by molar-refractivity contribution is 5.96. The molecule has 1 aromatic carbocycles. The van der Waals surface area contributed by atoms with Crippen molar-refractivity contribution in [3.63, 3.8) is 0 Å². The van der Waals surface area contributed by atoms with Gasteiger partial charge in [0.2, 0.25) is 0 Å². The molecule has 0 saturated carbocycles. The summed E-state index contributed by atoms with van der Waals surface area (Å²) in [5.74, 6) is -0.0338. The Hall–Kier alpha value is -1.81. The van der Waals surface area contributed by atoms with E-state index in [4.69, 9.17) is 4.74 Å². The number of anilines is 1. The second-order valence-corrected chi connectivity index (χ2v) is 5.29. The first-order valence-electron chi connectivity index (χ1n) is 7.21. The van der Waals surface area contributed by atoms with Gasteiger partial charge in [-0.05, 0) is 51.0 Å². The van der Waals surface area contributed by atoms with Gasteiger partial charge in [0.1, 0.15) is 6.10 Å². The number of hydrogen-bond donors (Lipinski definition) is 1. The zero-order valence-electron chi connectivity index (χ0n) is 12.0. The number of fused-ring (bicyclic) bond motifs is 1. The van der Waals surface area contributed by atoms with Crippen molar-refractivity contribution in [2.75, 3.05) is 11.9 Å². The van der Waals surface area contributed by atoms with E-state index in [0.29, 0.717) is 6.61 Å². The number of carbonyl (C=O) groups is 1. The van der Waals surface area contributed by atoms with E-state index in [0.717, 1.165) is 30.5 Å². The first-order valence-corrected chi connectivity index (χ1v) is 7.21. The number of rotatable bonds is 3. The molecule has 1 amide bonds. The van der Waals surface area contributed by atoms with Crippen LogP contribution in [0, 0.1) is 6.92 Å². The second-order valence-electron chi connectivity index (χ2n) is 5.29. The molecule has 4 nitrogen and oxygen atoms in total. The second kappa shape index (κ2) is 5.29. The highest BCUT2D eigenvalue weighted by Crippen LogP contribution is 2.24. The van der Waals surface area contributed by atoms with Crippen LogP contribution in [0.3, 0.4) is 0 Å². The minimum atomic E-state index is -0.285. The molecule has 0 aliphatic carbocycles. The van der Waals surface area contributed by atoms with Crippen LogP contribution in [0.2, 0.25) is 0 Å². The maximum atomic E-state index is 12.0. The zero-order chi connectivity index (χ0) is 14.1. The number of ether oxygens (including phenoxy) is 1. The maximum absolute atomic E-state index is 12.0. The number of benzene rings is 1. The van der Waals surface area contributed by atoms with Crippen molar-refractivity contribution >= 4 is 22.5 Å². The van der Waals surface area contributed by atoms with E-state index in [1.54, 1.807) is 0 Å². The van der Waals surface area contributed by atoms with Crippen LogP contribution in [-0.2, 0) is 16.1 Å². The predicted molar refractivity (Wildman–Crippen MR) is 80.0 cm³/mol. The quantitative estimate of drug-likeness (QED) is 0.933. The van der Waals surface area contributed by atoms with Crippen LogP contribution < -0.4 is 5.32 Å². The Labute approximate surface area is 118 Å². The molecule has 1 N–H and O–H groups in total. The monoisotopic (exact) mass is 272 g/mol. The lowest BCUT2D eigenvalue weighted by atomic mass is 10.2. The third-order valence-corrected chi connectivity index (χ3v) is 3.91. The summed E-state index contributed by atoms with van der Waals surface area (Å²) in [4.78, 5) is 12.0. The predicted octanol–water partition coefficient (Wildman–Crippen LogP) is 3.09. The van der Waals surface area contributed by atoms with E-state index in [9.17, 15) is 4.79 Å². The van der Waals surface area contributed by atoms with Crippen molar-refractivity contribution in [1.82, 2.24) is 4.57 Å². The fourth-order valence-electron chi connectivity index (χ4n) is 2.91. The molecule has 1 atom stereocenters. The molecule has 3 rings (SSSR count). The van der Waals surface area contributed by atoms with Gasteiger partial charge in [-0.25, -0.2) is 0 Å². The Morgan fingerprint density at radius 2 is 2.30 bits per heavy atom. The summed E-state index contributed by atoms with van der Waals surface area (Å²) >= 11 is 0. The molecular formula is C16H20N2O2. The molecule has 2 heterocycles.